The molecule has 1 amide bonds. The summed E-state index contributed by atoms with van der Waals surface area (Å²) in [6.45, 7) is 3.65. The Balaban J connectivity index is 1.40. The van der Waals surface area contributed by atoms with Crippen LogP contribution in [-0.4, -0.2) is 20.4 Å². The van der Waals surface area contributed by atoms with Crippen LogP contribution in [-0.2, 0) is 36.9 Å². The van der Waals surface area contributed by atoms with Gasteiger partial charge in [-0.15, -0.1) is 22.7 Å². The van der Waals surface area contributed by atoms with E-state index in [1.54, 1.807) is 34.8 Å². The number of anilines is 2. The number of hydrogen-bond acceptors (Lipinski definition) is 7. The zero-order chi connectivity index (χ0) is 23.1. The molecule has 33 heavy (non-hydrogen) atoms. The third-order valence-corrected chi connectivity index (χ3v) is 9.04. The molecule has 0 radical (unpaired) electrons. The first-order chi connectivity index (χ1) is 16.0. The fourth-order valence-corrected chi connectivity index (χ4v) is 7.43. The molecule has 0 bridgehead atoms. The fraction of sp³-hybridized carbons (Fsp3) is 0.333. The Kier molecular flexibility index (Phi) is 6.11. The van der Waals surface area contributed by atoms with Gasteiger partial charge in [-0.3, -0.25) is 19.1 Å². The maximum absolute atomic E-state index is 13.0. The van der Waals surface area contributed by atoms with Crippen LogP contribution < -0.4 is 10.5 Å². The average Bonchev–Trinajstić information content (AvgIpc) is 3.52. The molecule has 0 saturated heterocycles. The lowest BCUT2D eigenvalue weighted by Gasteiger charge is -2.20. The van der Waals surface area contributed by atoms with E-state index in [-0.39, 0.29) is 11.5 Å². The van der Waals surface area contributed by atoms with Gasteiger partial charge in [0.15, 0.2) is 10.3 Å². The molecule has 1 aliphatic rings. The average molecular weight is 497 g/mol. The van der Waals surface area contributed by atoms with Gasteiger partial charge in [0, 0.05) is 30.0 Å². The summed E-state index contributed by atoms with van der Waals surface area (Å²) in [5.41, 5.74) is 4.10. The molecule has 0 unspecified atom stereocenters. The van der Waals surface area contributed by atoms with Gasteiger partial charge in [0.05, 0.1) is 16.8 Å². The highest BCUT2D eigenvalue weighted by Crippen LogP contribution is 2.36. The molecule has 4 aromatic rings. The fourth-order valence-electron chi connectivity index (χ4n) is 4.27. The van der Waals surface area contributed by atoms with Crippen molar-refractivity contribution in [1.82, 2.24) is 14.5 Å². The maximum Gasteiger partial charge on any atom is 0.262 e. The molecule has 0 atom stereocenters. The number of aromatic nitrogens is 3. The van der Waals surface area contributed by atoms with Crippen LogP contribution in [0, 0.1) is 0 Å². The number of fused-ring (bicyclic) bond motifs is 3. The predicted molar refractivity (Wildman–Crippen MR) is 137 cm³/mol. The zero-order valence-electron chi connectivity index (χ0n) is 18.8. The summed E-state index contributed by atoms with van der Waals surface area (Å²) >= 11 is 4.62. The molecule has 0 saturated carbocycles. The number of thioether (sulfide) groups is 1. The molecular weight excluding hydrogens is 472 g/mol. The lowest BCUT2D eigenvalue weighted by atomic mass is 10.1. The van der Waals surface area contributed by atoms with E-state index in [1.807, 2.05) is 29.6 Å². The SMILES string of the molecule is CCc1ccccc1N(C(C)=O)c1nc(CSc2nc3sc4c(c3c(=O)n2C)CCC4)cs1. The molecule has 1 aliphatic carbocycles. The molecule has 5 rings (SSSR count). The van der Waals surface area contributed by atoms with Gasteiger partial charge >= 0.3 is 0 Å². The molecule has 0 spiro atoms. The van der Waals surface area contributed by atoms with Crippen molar-refractivity contribution >= 4 is 61.4 Å². The van der Waals surface area contributed by atoms with Gasteiger partial charge in [-0.25, -0.2) is 9.97 Å². The number of para-hydroxylation sites is 1. The zero-order valence-corrected chi connectivity index (χ0v) is 21.2. The van der Waals surface area contributed by atoms with Crippen molar-refractivity contribution in [2.24, 2.45) is 7.05 Å². The van der Waals surface area contributed by atoms with Gasteiger partial charge < -0.3 is 0 Å². The van der Waals surface area contributed by atoms with Crippen molar-refractivity contribution in [1.29, 1.82) is 0 Å². The Hall–Kier alpha value is -2.49. The summed E-state index contributed by atoms with van der Waals surface area (Å²) < 4.78 is 1.66. The molecule has 1 aromatic carbocycles. The molecule has 0 N–H and O–H groups in total. The summed E-state index contributed by atoms with van der Waals surface area (Å²) in [5.74, 6) is 0.513. The Morgan fingerprint density at radius 3 is 2.85 bits per heavy atom. The molecule has 6 nitrogen and oxygen atoms in total. The number of benzene rings is 1. The van der Waals surface area contributed by atoms with Gasteiger partial charge in [0.1, 0.15) is 4.83 Å². The smallest absolute Gasteiger partial charge is 0.262 e. The number of nitrogens with zero attached hydrogens (tertiary/aromatic N) is 4. The van der Waals surface area contributed by atoms with E-state index in [4.69, 9.17) is 9.97 Å². The minimum Gasteiger partial charge on any atom is -0.290 e. The van der Waals surface area contributed by atoms with Crippen LogP contribution in [0.1, 0.15) is 42.0 Å². The third kappa shape index (κ3) is 4.02. The second-order valence-electron chi connectivity index (χ2n) is 8.04. The molecule has 3 heterocycles. The number of hydrogen-bond donors (Lipinski definition) is 0. The standard InChI is InChI=1S/C24H24N4O2S3/c1-4-15-8-5-6-10-18(15)28(14(2)29)24-25-16(13-32-24)12-31-23-26-21-20(22(30)27(23)3)17-9-7-11-19(17)33-21/h5-6,8,10,13H,4,7,9,11-12H2,1-3H3. The van der Waals surface area contributed by atoms with Crippen LogP contribution in [0.2, 0.25) is 0 Å². The van der Waals surface area contributed by atoms with Crippen LogP contribution in [0.5, 0.6) is 0 Å². The van der Waals surface area contributed by atoms with Gasteiger partial charge in [0.25, 0.3) is 5.56 Å². The van der Waals surface area contributed by atoms with Crippen LogP contribution >= 0.6 is 34.4 Å². The van der Waals surface area contributed by atoms with E-state index in [0.29, 0.717) is 16.0 Å². The molecule has 170 valence electrons. The maximum atomic E-state index is 13.0. The second kappa shape index (κ2) is 9.04. The summed E-state index contributed by atoms with van der Waals surface area (Å²) in [6, 6.07) is 7.93. The number of carbonyl (C=O) groups excluding carboxylic acids is 1. The third-order valence-electron chi connectivity index (χ3n) is 5.91. The Morgan fingerprint density at radius 2 is 2.06 bits per heavy atom. The van der Waals surface area contributed by atoms with Crippen molar-refractivity contribution in [3.8, 4) is 0 Å². The van der Waals surface area contributed by atoms with E-state index < -0.39 is 0 Å². The van der Waals surface area contributed by atoms with Gasteiger partial charge in [-0.05, 0) is 42.9 Å². The number of amides is 1. The molecule has 0 fully saturated rings. The Labute approximate surface area is 204 Å². The highest BCUT2D eigenvalue weighted by molar-refractivity contribution is 7.98. The summed E-state index contributed by atoms with van der Waals surface area (Å²) in [6.07, 6.45) is 4.00. The van der Waals surface area contributed by atoms with Gasteiger partial charge in [0.2, 0.25) is 5.91 Å². The molecule has 9 heteroatoms. The van der Waals surface area contributed by atoms with E-state index in [1.165, 1.54) is 33.5 Å². The van der Waals surface area contributed by atoms with Crippen LogP contribution in [0.15, 0.2) is 39.6 Å². The molecule has 0 aliphatic heterocycles. The monoisotopic (exact) mass is 496 g/mol. The Bertz CT molecular complexity index is 1420. The number of thiophene rings is 1. The number of aryl methyl sites for hydroxylation is 3. The van der Waals surface area contributed by atoms with Crippen LogP contribution in [0.25, 0.3) is 10.2 Å². The lowest BCUT2D eigenvalue weighted by molar-refractivity contribution is -0.115. The van der Waals surface area contributed by atoms with Crippen molar-refractivity contribution in [3.63, 3.8) is 0 Å². The lowest BCUT2D eigenvalue weighted by Crippen LogP contribution is -2.23. The van der Waals surface area contributed by atoms with E-state index in [0.717, 1.165) is 52.8 Å². The normalized spacial score (nSPS) is 12.9. The first kappa shape index (κ1) is 22.3. The highest BCUT2D eigenvalue weighted by atomic mass is 32.2. The van der Waals surface area contributed by atoms with Crippen molar-refractivity contribution in [2.45, 2.75) is 50.4 Å². The van der Waals surface area contributed by atoms with Crippen molar-refractivity contribution < 1.29 is 4.79 Å². The summed E-state index contributed by atoms with van der Waals surface area (Å²) in [7, 11) is 1.79. The highest BCUT2D eigenvalue weighted by Gasteiger charge is 2.23. The largest absolute Gasteiger partial charge is 0.290 e. The number of rotatable bonds is 6. The Morgan fingerprint density at radius 1 is 1.24 bits per heavy atom. The first-order valence-electron chi connectivity index (χ1n) is 10.9. The predicted octanol–water partition coefficient (Wildman–Crippen LogP) is 5.48. The second-order valence-corrected chi connectivity index (χ2v) is 10.9. The minimum absolute atomic E-state index is 0.0415. The summed E-state index contributed by atoms with van der Waals surface area (Å²) in [5, 5.41) is 4.14. The van der Waals surface area contributed by atoms with Crippen LogP contribution in [0.3, 0.4) is 0 Å². The number of carbonyl (C=O) groups is 1. The van der Waals surface area contributed by atoms with Crippen molar-refractivity contribution in [2.75, 3.05) is 4.90 Å². The topological polar surface area (TPSA) is 68.1 Å². The summed E-state index contributed by atoms with van der Waals surface area (Å²) in [4.78, 5) is 38.9. The van der Waals surface area contributed by atoms with E-state index in [2.05, 4.69) is 6.92 Å². The van der Waals surface area contributed by atoms with Crippen molar-refractivity contribution in [3.05, 3.63) is 61.7 Å². The number of thiazole rings is 1. The first-order valence-corrected chi connectivity index (χ1v) is 13.6. The van der Waals surface area contributed by atoms with Crippen LogP contribution in [0.4, 0.5) is 10.8 Å². The minimum atomic E-state index is -0.0651. The quantitative estimate of drug-likeness (QED) is 0.261. The van der Waals surface area contributed by atoms with Gasteiger partial charge in [-0.1, -0.05) is 36.9 Å². The van der Waals surface area contributed by atoms with Gasteiger partial charge in [-0.2, -0.15) is 0 Å². The molecular formula is C24H24N4O2S3. The van der Waals surface area contributed by atoms with E-state index in [9.17, 15) is 9.59 Å². The van der Waals surface area contributed by atoms with E-state index >= 15 is 0 Å². The molecule has 3 aromatic heterocycles.